The number of carbonyl (C=O) groups is 1. The predicted molar refractivity (Wildman–Crippen MR) is 50.8 cm³/mol. The summed E-state index contributed by atoms with van der Waals surface area (Å²) in [6.07, 6.45) is 1.24. The Morgan fingerprint density at radius 2 is 2.08 bits per heavy atom. The van der Waals surface area contributed by atoms with Crippen LogP contribution in [0.1, 0.15) is 26.7 Å². The maximum absolute atomic E-state index is 10.8. The van der Waals surface area contributed by atoms with Crippen molar-refractivity contribution in [1.82, 2.24) is 0 Å². The van der Waals surface area contributed by atoms with Crippen LogP contribution in [0, 0.1) is 0 Å². The van der Waals surface area contributed by atoms with Crippen molar-refractivity contribution in [3.63, 3.8) is 0 Å². The van der Waals surface area contributed by atoms with Crippen LogP contribution in [0.5, 0.6) is 0 Å². The smallest absolute Gasteiger partial charge is 0.305 e. The number of carbonyl (C=O) groups excluding carboxylic acids is 1. The molecule has 0 aromatic carbocycles. The topological polar surface area (TPSA) is 26.3 Å². The van der Waals surface area contributed by atoms with E-state index in [0.717, 1.165) is 6.42 Å². The van der Waals surface area contributed by atoms with Crippen molar-refractivity contribution < 1.29 is 9.53 Å². The van der Waals surface area contributed by atoms with Crippen molar-refractivity contribution in [2.45, 2.75) is 37.4 Å². The monoisotopic (exact) mass is 212 g/mol. The Kier molecular flexibility index (Phi) is 6.58. The second-order valence-electron chi connectivity index (χ2n) is 2.63. The van der Waals surface area contributed by atoms with Gasteiger partial charge in [0.25, 0.3) is 0 Å². The van der Waals surface area contributed by atoms with E-state index in [2.05, 4.69) is 0 Å². The minimum atomic E-state index is -0.299. The molecule has 0 amide bonds. The Balaban J connectivity index is 3.47. The lowest BCUT2D eigenvalue weighted by Gasteiger charge is -2.11. The van der Waals surface area contributed by atoms with Crippen molar-refractivity contribution in [2.75, 3.05) is 6.61 Å². The van der Waals surface area contributed by atoms with E-state index in [-0.39, 0.29) is 23.3 Å². The first kappa shape index (κ1) is 12.0. The zero-order valence-electron chi connectivity index (χ0n) is 7.35. The zero-order valence-corrected chi connectivity index (χ0v) is 8.86. The Morgan fingerprint density at radius 3 is 2.50 bits per heavy atom. The number of rotatable bonds is 5. The van der Waals surface area contributed by atoms with E-state index in [0.29, 0.717) is 6.42 Å². The van der Waals surface area contributed by atoms with Gasteiger partial charge >= 0.3 is 5.97 Å². The lowest BCUT2D eigenvalue weighted by molar-refractivity contribution is -0.143. The summed E-state index contributed by atoms with van der Waals surface area (Å²) < 4.78 is 4.85. The van der Waals surface area contributed by atoms with E-state index in [9.17, 15) is 4.79 Å². The van der Waals surface area contributed by atoms with Crippen LogP contribution in [-0.2, 0) is 9.53 Å². The molecule has 0 saturated heterocycles. The molecule has 0 saturated carbocycles. The average Bonchev–Trinajstić information content (AvgIpc) is 2.00. The number of halogens is 2. The molecule has 0 fully saturated rings. The fourth-order valence-electron chi connectivity index (χ4n) is 0.581. The highest BCUT2D eigenvalue weighted by molar-refractivity contribution is 6.29. The van der Waals surface area contributed by atoms with Crippen LogP contribution < -0.4 is 0 Å². The Bertz CT molecular complexity index is 137. The standard InChI is InChI=1S/C8H14Cl2O2/c1-3-4-8(11)12-5-7(10)6(2)9/h6-7H,3-5H2,1-2H3. The number of hydrogen-bond acceptors (Lipinski definition) is 2. The number of esters is 1. The van der Waals surface area contributed by atoms with Crippen molar-refractivity contribution in [2.24, 2.45) is 0 Å². The van der Waals surface area contributed by atoms with Gasteiger partial charge in [-0.2, -0.15) is 0 Å². The van der Waals surface area contributed by atoms with Gasteiger partial charge in [0, 0.05) is 6.42 Å². The Morgan fingerprint density at radius 1 is 1.50 bits per heavy atom. The fraction of sp³-hybridized carbons (Fsp3) is 0.875. The van der Waals surface area contributed by atoms with E-state index in [1.165, 1.54) is 0 Å². The molecule has 2 nitrogen and oxygen atoms in total. The highest BCUT2D eigenvalue weighted by Gasteiger charge is 2.13. The van der Waals surface area contributed by atoms with Crippen LogP contribution in [0.15, 0.2) is 0 Å². The van der Waals surface area contributed by atoms with Crippen molar-refractivity contribution in [1.29, 1.82) is 0 Å². The molecular weight excluding hydrogens is 199 g/mol. The summed E-state index contributed by atoms with van der Waals surface area (Å²) in [5.74, 6) is -0.208. The van der Waals surface area contributed by atoms with Gasteiger partial charge in [0.15, 0.2) is 0 Å². The lowest BCUT2D eigenvalue weighted by Crippen LogP contribution is -2.20. The summed E-state index contributed by atoms with van der Waals surface area (Å²) in [4.78, 5) is 10.8. The van der Waals surface area contributed by atoms with Crippen LogP contribution >= 0.6 is 23.2 Å². The Hall–Kier alpha value is 0.0500. The maximum atomic E-state index is 10.8. The first-order valence-electron chi connectivity index (χ1n) is 4.01. The van der Waals surface area contributed by atoms with Gasteiger partial charge in [0.05, 0.1) is 10.8 Å². The summed E-state index contributed by atoms with van der Waals surface area (Å²) in [6, 6.07) is 0. The lowest BCUT2D eigenvalue weighted by atomic mass is 10.3. The summed E-state index contributed by atoms with van der Waals surface area (Å²) in [6.45, 7) is 3.89. The molecule has 0 N–H and O–H groups in total. The van der Waals surface area contributed by atoms with Gasteiger partial charge in [0.2, 0.25) is 0 Å². The summed E-state index contributed by atoms with van der Waals surface area (Å²) >= 11 is 11.4. The minimum Gasteiger partial charge on any atom is -0.464 e. The Labute approximate surface area is 83.2 Å². The van der Waals surface area contributed by atoms with Crippen LogP contribution in [-0.4, -0.2) is 23.3 Å². The molecule has 12 heavy (non-hydrogen) atoms. The quantitative estimate of drug-likeness (QED) is 0.518. The molecule has 0 spiro atoms. The molecule has 0 aliphatic heterocycles. The van der Waals surface area contributed by atoms with Gasteiger partial charge in [-0.05, 0) is 13.3 Å². The van der Waals surface area contributed by atoms with Gasteiger partial charge in [0.1, 0.15) is 6.61 Å². The molecule has 0 heterocycles. The van der Waals surface area contributed by atoms with E-state index in [1.807, 2.05) is 6.92 Å². The van der Waals surface area contributed by atoms with Crippen LogP contribution in [0.3, 0.4) is 0 Å². The number of hydrogen-bond donors (Lipinski definition) is 0. The molecule has 2 atom stereocenters. The zero-order chi connectivity index (χ0) is 9.56. The van der Waals surface area contributed by atoms with E-state index >= 15 is 0 Å². The first-order valence-corrected chi connectivity index (χ1v) is 4.89. The van der Waals surface area contributed by atoms with Gasteiger partial charge in [-0.1, -0.05) is 6.92 Å². The van der Waals surface area contributed by atoms with Gasteiger partial charge in [-0.3, -0.25) is 4.79 Å². The SMILES string of the molecule is CCCC(=O)OCC(Cl)C(C)Cl. The highest BCUT2D eigenvalue weighted by Crippen LogP contribution is 2.09. The van der Waals surface area contributed by atoms with Crippen molar-refractivity contribution in [3.05, 3.63) is 0 Å². The van der Waals surface area contributed by atoms with Crippen LogP contribution in [0.2, 0.25) is 0 Å². The molecule has 0 rings (SSSR count). The third-order valence-electron chi connectivity index (χ3n) is 1.36. The predicted octanol–water partition coefficient (Wildman–Crippen LogP) is 2.56. The van der Waals surface area contributed by atoms with Crippen molar-refractivity contribution >= 4 is 29.2 Å². The van der Waals surface area contributed by atoms with Gasteiger partial charge < -0.3 is 4.74 Å². The second kappa shape index (κ2) is 6.55. The summed E-state index contributed by atoms with van der Waals surface area (Å²) in [5, 5.41) is -0.478. The largest absolute Gasteiger partial charge is 0.464 e. The number of ether oxygens (including phenoxy) is 1. The third kappa shape index (κ3) is 5.67. The fourth-order valence-corrected chi connectivity index (χ4v) is 0.717. The molecular formula is C8H14Cl2O2. The van der Waals surface area contributed by atoms with E-state index < -0.39 is 0 Å². The van der Waals surface area contributed by atoms with Gasteiger partial charge in [-0.25, -0.2) is 0 Å². The number of alkyl halides is 2. The molecule has 0 bridgehead atoms. The van der Waals surface area contributed by atoms with Crippen molar-refractivity contribution in [3.8, 4) is 0 Å². The van der Waals surface area contributed by atoms with Gasteiger partial charge in [-0.15, -0.1) is 23.2 Å². The highest BCUT2D eigenvalue weighted by atomic mass is 35.5. The molecule has 0 aliphatic rings. The molecule has 2 unspecified atom stereocenters. The average molecular weight is 213 g/mol. The molecule has 0 radical (unpaired) electrons. The van der Waals surface area contributed by atoms with E-state index in [4.69, 9.17) is 27.9 Å². The molecule has 0 aromatic heterocycles. The summed E-state index contributed by atoms with van der Waals surface area (Å²) in [5.41, 5.74) is 0. The molecule has 4 heteroatoms. The first-order chi connectivity index (χ1) is 5.57. The maximum Gasteiger partial charge on any atom is 0.305 e. The van der Waals surface area contributed by atoms with E-state index in [1.54, 1.807) is 6.92 Å². The second-order valence-corrected chi connectivity index (χ2v) is 3.88. The molecule has 0 aromatic rings. The third-order valence-corrected chi connectivity index (χ3v) is 2.29. The summed E-state index contributed by atoms with van der Waals surface area (Å²) in [7, 11) is 0. The molecule has 0 aliphatic carbocycles. The van der Waals surface area contributed by atoms with Crippen LogP contribution in [0.25, 0.3) is 0 Å². The molecule has 72 valence electrons. The normalized spacial score (nSPS) is 15.3. The minimum absolute atomic E-state index is 0.180. The van der Waals surface area contributed by atoms with Crippen LogP contribution in [0.4, 0.5) is 0 Å².